The number of nitrogens with zero attached hydrogens (tertiary/aromatic N) is 1. The van der Waals surface area contributed by atoms with Gasteiger partial charge in [0.1, 0.15) is 0 Å². The fourth-order valence-electron chi connectivity index (χ4n) is 2.51. The lowest BCUT2D eigenvalue weighted by molar-refractivity contribution is 0.647. The van der Waals surface area contributed by atoms with Crippen LogP contribution in [0.5, 0.6) is 0 Å². The lowest BCUT2D eigenvalue weighted by Crippen LogP contribution is -2.22. The summed E-state index contributed by atoms with van der Waals surface area (Å²) in [7, 11) is 0. The molecule has 1 N–H and O–H groups in total. The number of nitrogens with one attached hydrogen (secondary N) is 1. The smallest absolute Gasteiger partial charge is 0.0758 e. The predicted molar refractivity (Wildman–Crippen MR) is 86.6 cm³/mol. The summed E-state index contributed by atoms with van der Waals surface area (Å²) in [5.41, 5.74) is 2.38. The SMILES string of the molecule is Brc1ccc(CNCC2CCCS2)c2ncccc12. The Morgan fingerprint density at radius 3 is 3.16 bits per heavy atom. The van der Waals surface area contributed by atoms with Crippen molar-refractivity contribution in [2.75, 3.05) is 12.3 Å². The van der Waals surface area contributed by atoms with E-state index in [-0.39, 0.29) is 0 Å². The van der Waals surface area contributed by atoms with E-state index >= 15 is 0 Å². The first-order valence-electron chi connectivity index (χ1n) is 6.69. The maximum Gasteiger partial charge on any atom is 0.0758 e. The molecule has 3 rings (SSSR count). The molecule has 1 saturated heterocycles. The third kappa shape index (κ3) is 3.12. The summed E-state index contributed by atoms with van der Waals surface area (Å²) in [5, 5.41) is 5.57. The summed E-state index contributed by atoms with van der Waals surface area (Å²) in [6.45, 7) is 2.01. The molecule has 19 heavy (non-hydrogen) atoms. The van der Waals surface area contributed by atoms with Crippen LogP contribution in [0.2, 0.25) is 0 Å². The number of fused-ring (bicyclic) bond motifs is 1. The van der Waals surface area contributed by atoms with Crippen molar-refractivity contribution in [3.8, 4) is 0 Å². The number of pyridine rings is 1. The number of thioether (sulfide) groups is 1. The maximum atomic E-state index is 4.52. The van der Waals surface area contributed by atoms with Crippen molar-refractivity contribution >= 4 is 38.6 Å². The van der Waals surface area contributed by atoms with Crippen molar-refractivity contribution in [2.24, 2.45) is 0 Å². The van der Waals surface area contributed by atoms with Gasteiger partial charge < -0.3 is 5.32 Å². The van der Waals surface area contributed by atoms with Crippen LogP contribution in [0.25, 0.3) is 10.9 Å². The van der Waals surface area contributed by atoms with Crippen LogP contribution in [0.1, 0.15) is 18.4 Å². The molecule has 0 aliphatic carbocycles. The topological polar surface area (TPSA) is 24.9 Å². The van der Waals surface area contributed by atoms with E-state index in [0.29, 0.717) is 0 Å². The first kappa shape index (κ1) is 13.4. The fraction of sp³-hybridized carbons (Fsp3) is 0.400. The lowest BCUT2D eigenvalue weighted by atomic mass is 10.1. The summed E-state index contributed by atoms with van der Waals surface area (Å²) in [6, 6.07) is 8.38. The minimum absolute atomic E-state index is 0.801. The summed E-state index contributed by atoms with van der Waals surface area (Å²) in [5.74, 6) is 1.33. The number of hydrogen-bond acceptors (Lipinski definition) is 3. The van der Waals surface area contributed by atoms with E-state index < -0.39 is 0 Å². The van der Waals surface area contributed by atoms with Crippen molar-refractivity contribution in [2.45, 2.75) is 24.6 Å². The molecular formula is C15H17BrN2S. The van der Waals surface area contributed by atoms with Crippen molar-refractivity contribution < 1.29 is 0 Å². The molecule has 1 aromatic heterocycles. The molecule has 0 radical (unpaired) electrons. The molecule has 1 fully saturated rings. The molecule has 1 atom stereocenters. The molecule has 1 unspecified atom stereocenters. The van der Waals surface area contributed by atoms with Gasteiger partial charge in [0.05, 0.1) is 5.52 Å². The Kier molecular flexibility index (Phi) is 4.41. The lowest BCUT2D eigenvalue weighted by Gasteiger charge is -2.11. The summed E-state index contributed by atoms with van der Waals surface area (Å²) >= 11 is 5.69. The number of hydrogen-bond donors (Lipinski definition) is 1. The average Bonchev–Trinajstić information content (AvgIpc) is 2.95. The summed E-state index contributed by atoms with van der Waals surface area (Å²) in [4.78, 5) is 4.52. The molecule has 1 aromatic carbocycles. The normalized spacial score (nSPS) is 19.1. The van der Waals surface area contributed by atoms with E-state index in [9.17, 15) is 0 Å². The van der Waals surface area contributed by atoms with E-state index in [0.717, 1.165) is 28.3 Å². The monoisotopic (exact) mass is 336 g/mol. The number of halogens is 1. The van der Waals surface area contributed by atoms with Gasteiger partial charge >= 0.3 is 0 Å². The van der Waals surface area contributed by atoms with Gasteiger partial charge in [-0.05, 0) is 36.3 Å². The number of rotatable bonds is 4. The predicted octanol–water partition coefficient (Wildman–Crippen LogP) is 3.98. The fourth-order valence-corrected chi connectivity index (χ4v) is 4.20. The van der Waals surface area contributed by atoms with Crippen molar-refractivity contribution in [3.63, 3.8) is 0 Å². The van der Waals surface area contributed by atoms with Crippen LogP contribution >= 0.6 is 27.7 Å². The Morgan fingerprint density at radius 2 is 2.32 bits per heavy atom. The molecular weight excluding hydrogens is 320 g/mol. The van der Waals surface area contributed by atoms with Gasteiger partial charge in [-0.25, -0.2) is 0 Å². The second-order valence-corrected chi connectivity index (χ2v) is 7.13. The summed E-state index contributed by atoms with van der Waals surface area (Å²) in [6.07, 6.45) is 4.60. The zero-order chi connectivity index (χ0) is 13.1. The van der Waals surface area contributed by atoms with Gasteiger partial charge in [0, 0.05) is 34.4 Å². The molecule has 100 valence electrons. The molecule has 1 aliphatic rings. The Labute approximate surface area is 126 Å². The van der Waals surface area contributed by atoms with Gasteiger partial charge in [-0.2, -0.15) is 11.8 Å². The van der Waals surface area contributed by atoms with Gasteiger partial charge in [-0.15, -0.1) is 0 Å². The van der Waals surface area contributed by atoms with Crippen molar-refractivity contribution in [3.05, 3.63) is 40.5 Å². The first-order chi connectivity index (χ1) is 9.34. The van der Waals surface area contributed by atoms with Crippen LogP contribution in [-0.2, 0) is 6.54 Å². The molecule has 0 spiro atoms. The van der Waals surface area contributed by atoms with Crippen LogP contribution in [0, 0.1) is 0 Å². The Bertz CT molecular complexity index is 567. The van der Waals surface area contributed by atoms with Gasteiger partial charge in [-0.1, -0.05) is 28.1 Å². The standard InChI is InChI=1S/C15H17BrN2S/c16-14-6-5-11(15-13(14)4-1-7-18-15)9-17-10-12-3-2-8-19-12/h1,4-7,12,17H,2-3,8-10H2. The highest BCUT2D eigenvalue weighted by atomic mass is 79.9. The van der Waals surface area contributed by atoms with Crippen LogP contribution in [0.15, 0.2) is 34.9 Å². The van der Waals surface area contributed by atoms with Crippen LogP contribution in [-0.4, -0.2) is 22.5 Å². The quantitative estimate of drug-likeness (QED) is 0.913. The molecule has 0 amide bonds. The highest BCUT2D eigenvalue weighted by Gasteiger charge is 2.14. The average molecular weight is 337 g/mol. The second-order valence-electron chi connectivity index (χ2n) is 4.87. The number of benzene rings is 1. The van der Waals surface area contributed by atoms with Crippen molar-refractivity contribution in [1.82, 2.24) is 10.3 Å². The molecule has 0 bridgehead atoms. The third-order valence-electron chi connectivity index (χ3n) is 3.51. The highest BCUT2D eigenvalue weighted by Crippen LogP contribution is 2.26. The van der Waals surface area contributed by atoms with Crippen LogP contribution in [0.3, 0.4) is 0 Å². The van der Waals surface area contributed by atoms with E-state index in [1.807, 2.05) is 12.3 Å². The second kappa shape index (κ2) is 6.25. The zero-order valence-electron chi connectivity index (χ0n) is 10.7. The number of aromatic nitrogens is 1. The Hall–Kier alpha value is -0.580. The Morgan fingerprint density at radius 1 is 1.37 bits per heavy atom. The van der Waals surface area contributed by atoms with E-state index in [1.54, 1.807) is 0 Å². The highest BCUT2D eigenvalue weighted by molar-refractivity contribution is 9.10. The van der Waals surface area contributed by atoms with Crippen LogP contribution < -0.4 is 5.32 Å². The summed E-state index contributed by atoms with van der Waals surface area (Å²) < 4.78 is 1.12. The first-order valence-corrected chi connectivity index (χ1v) is 8.53. The Balaban J connectivity index is 1.72. The van der Waals surface area contributed by atoms with Crippen LogP contribution in [0.4, 0.5) is 0 Å². The molecule has 2 aromatic rings. The molecule has 2 heterocycles. The van der Waals surface area contributed by atoms with Crippen molar-refractivity contribution in [1.29, 1.82) is 0 Å². The van der Waals surface area contributed by atoms with Gasteiger partial charge in [0.15, 0.2) is 0 Å². The van der Waals surface area contributed by atoms with E-state index in [1.165, 1.54) is 29.5 Å². The van der Waals surface area contributed by atoms with Gasteiger partial charge in [0.25, 0.3) is 0 Å². The zero-order valence-corrected chi connectivity index (χ0v) is 13.1. The van der Waals surface area contributed by atoms with E-state index in [4.69, 9.17) is 0 Å². The molecule has 0 saturated carbocycles. The van der Waals surface area contributed by atoms with Gasteiger partial charge in [-0.3, -0.25) is 4.98 Å². The minimum Gasteiger partial charge on any atom is -0.311 e. The van der Waals surface area contributed by atoms with E-state index in [2.05, 4.69) is 56.2 Å². The molecule has 4 heteroatoms. The maximum absolute atomic E-state index is 4.52. The third-order valence-corrected chi connectivity index (χ3v) is 5.60. The molecule has 2 nitrogen and oxygen atoms in total. The largest absolute Gasteiger partial charge is 0.311 e. The minimum atomic E-state index is 0.801. The van der Waals surface area contributed by atoms with Gasteiger partial charge in [0.2, 0.25) is 0 Å². The molecule has 1 aliphatic heterocycles.